The predicted molar refractivity (Wildman–Crippen MR) is 60.8 cm³/mol. The lowest BCUT2D eigenvalue weighted by molar-refractivity contribution is -0.621. The van der Waals surface area contributed by atoms with Crippen LogP contribution in [-0.2, 0) is 0 Å². The maximum Gasteiger partial charge on any atom is 0.315 e. The van der Waals surface area contributed by atoms with Crippen LogP contribution in [0.4, 0.5) is 17.5 Å². The summed E-state index contributed by atoms with van der Waals surface area (Å²) in [5, 5.41) is 23.6. The minimum absolute atomic E-state index is 0.0455. The molecule has 0 amide bonds. The Balaban J connectivity index is 2.27. The standard InChI is InChI=1S/C9H15N5O3/c1-3(15)6(16)4-2-11-7-5(12-4)8(17)14-9(10)13-7/h3-4,6,12,15-16H,2H2,1H3,(H4,10,11,13,14,17)/p+1. The number of nitrogen functional groups attached to an aromatic ring is 1. The summed E-state index contributed by atoms with van der Waals surface area (Å²) in [5.74, 6) is 0.449. The van der Waals surface area contributed by atoms with Gasteiger partial charge in [-0.25, -0.2) is 0 Å². The third kappa shape index (κ3) is 2.23. The number of nitrogens with one attached hydrogen (secondary N) is 2. The first-order chi connectivity index (χ1) is 7.99. The Morgan fingerprint density at radius 3 is 2.94 bits per heavy atom. The van der Waals surface area contributed by atoms with Crippen LogP contribution >= 0.6 is 0 Å². The summed E-state index contributed by atoms with van der Waals surface area (Å²) in [5.41, 5.74) is 5.40. The number of fused-ring (bicyclic) bond motifs is 1. The molecule has 1 aliphatic heterocycles. The molecule has 94 valence electrons. The molecular formula is C9H16N5O3+. The number of aliphatic hydroxyl groups excluding tert-OH is 2. The molecule has 8 N–H and O–H groups in total. The van der Waals surface area contributed by atoms with Crippen molar-refractivity contribution in [3.8, 4) is 0 Å². The quantitative estimate of drug-likeness (QED) is 0.328. The van der Waals surface area contributed by atoms with E-state index < -0.39 is 12.2 Å². The van der Waals surface area contributed by atoms with Crippen molar-refractivity contribution in [2.45, 2.75) is 25.2 Å². The third-order valence-electron chi connectivity index (χ3n) is 2.79. The van der Waals surface area contributed by atoms with Gasteiger partial charge in [0, 0.05) is 0 Å². The van der Waals surface area contributed by atoms with Gasteiger partial charge in [-0.15, -0.1) is 0 Å². The van der Waals surface area contributed by atoms with Crippen LogP contribution in [0.3, 0.4) is 0 Å². The Bertz CT molecular complexity index is 472. The average molecular weight is 242 g/mol. The Morgan fingerprint density at radius 1 is 1.59 bits per heavy atom. The number of aromatic amines is 1. The van der Waals surface area contributed by atoms with Crippen LogP contribution in [0.2, 0.25) is 0 Å². The van der Waals surface area contributed by atoms with Crippen LogP contribution in [0.5, 0.6) is 0 Å². The molecule has 0 fully saturated rings. The van der Waals surface area contributed by atoms with E-state index in [0.717, 1.165) is 0 Å². The first-order valence-electron chi connectivity index (χ1n) is 5.33. The molecule has 0 aromatic carbocycles. The Morgan fingerprint density at radius 2 is 2.29 bits per heavy atom. The van der Waals surface area contributed by atoms with Gasteiger partial charge in [-0.05, 0) is 6.92 Å². The number of nitrogens with zero attached hydrogens (tertiary/aromatic N) is 1. The van der Waals surface area contributed by atoms with E-state index in [1.807, 2.05) is 0 Å². The van der Waals surface area contributed by atoms with Gasteiger partial charge in [-0.3, -0.25) is 15.1 Å². The molecule has 2 rings (SSSR count). The number of anilines is 2. The first-order valence-corrected chi connectivity index (χ1v) is 5.33. The zero-order chi connectivity index (χ0) is 12.6. The summed E-state index contributed by atoms with van der Waals surface area (Å²) in [7, 11) is 0. The lowest BCUT2D eigenvalue weighted by atomic mass is 10.0. The fraction of sp³-hybridized carbons (Fsp3) is 0.556. The molecule has 0 bridgehead atoms. The average Bonchev–Trinajstić information content (AvgIpc) is 2.27. The fourth-order valence-electron chi connectivity index (χ4n) is 1.85. The highest BCUT2D eigenvalue weighted by molar-refractivity contribution is 5.56. The zero-order valence-corrected chi connectivity index (χ0v) is 9.34. The van der Waals surface area contributed by atoms with Gasteiger partial charge < -0.3 is 21.3 Å². The van der Waals surface area contributed by atoms with Crippen molar-refractivity contribution in [3.63, 3.8) is 0 Å². The Kier molecular flexibility index (Phi) is 3.01. The second-order valence-electron chi connectivity index (χ2n) is 4.16. The maximum atomic E-state index is 11.6. The molecule has 3 unspecified atom stereocenters. The van der Waals surface area contributed by atoms with Crippen molar-refractivity contribution < 1.29 is 15.5 Å². The van der Waals surface area contributed by atoms with Crippen molar-refractivity contribution >= 4 is 17.5 Å². The maximum absolute atomic E-state index is 11.6. The molecule has 0 saturated carbocycles. The van der Waals surface area contributed by atoms with E-state index in [9.17, 15) is 15.0 Å². The predicted octanol–water partition coefficient (Wildman–Crippen LogP) is -2.92. The summed E-state index contributed by atoms with van der Waals surface area (Å²) >= 11 is 0. The number of hydrogen-bond acceptors (Lipinski definition) is 6. The zero-order valence-electron chi connectivity index (χ0n) is 9.34. The largest absolute Gasteiger partial charge is 0.390 e. The second-order valence-corrected chi connectivity index (χ2v) is 4.16. The number of hydrogen-bond donors (Lipinski definition) is 6. The minimum Gasteiger partial charge on any atom is -0.390 e. The van der Waals surface area contributed by atoms with Gasteiger partial charge in [0.15, 0.2) is 5.82 Å². The topological polar surface area (TPSA) is 141 Å². The molecule has 1 aromatic rings. The number of aliphatic hydroxyl groups is 2. The Hall–Kier alpha value is -1.64. The van der Waals surface area contributed by atoms with Gasteiger partial charge in [-0.2, -0.15) is 4.98 Å². The number of nitrogens with two attached hydrogens (primary N) is 2. The van der Waals surface area contributed by atoms with Crippen LogP contribution in [-0.4, -0.2) is 45.0 Å². The lowest BCUT2D eigenvalue weighted by Gasteiger charge is -2.27. The highest BCUT2D eigenvalue weighted by atomic mass is 16.3. The van der Waals surface area contributed by atoms with Crippen molar-refractivity contribution in [1.29, 1.82) is 0 Å². The summed E-state index contributed by atoms with van der Waals surface area (Å²) in [4.78, 5) is 18.0. The van der Waals surface area contributed by atoms with Gasteiger partial charge >= 0.3 is 5.56 Å². The van der Waals surface area contributed by atoms with Crippen molar-refractivity contribution in [1.82, 2.24) is 9.97 Å². The number of quaternary nitrogens is 1. The van der Waals surface area contributed by atoms with Crippen LogP contribution in [0.15, 0.2) is 4.79 Å². The van der Waals surface area contributed by atoms with Gasteiger partial charge in [0.2, 0.25) is 11.6 Å². The van der Waals surface area contributed by atoms with E-state index in [1.54, 1.807) is 5.32 Å². The van der Waals surface area contributed by atoms with Gasteiger partial charge in [-0.1, -0.05) is 0 Å². The summed E-state index contributed by atoms with van der Waals surface area (Å²) in [6.07, 6.45) is -1.78. The smallest absolute Gasteiger partial charge is 0.315 e. The molecule has 17 heavy (non-hydrogen) atoms. The lowest BCUT2D eigenvalue weighted by Crippen LogP contribution is -2.92. The molecule has 8 nitrogen and oxygen atoms in total. The van der Waals surface area contributed by atoms with Crippen LogP contribution in [0.25, 0.3) is 0 Å². The van der Waals surface area contributed by atoms with Gasteiger partial charge in [0.05, 0.1) is 12.6 Å². The minimum atomic E-state index is -0.924. The molecule has 0 spiro atoms. The first kappa shape index (κ1) is 11.8. The summed E-state index contributed by atoms with van der Waals surface area (Å²) < 4.78 is 0. The van der Waals surface area contributed by atoms with Crippen LogP contribution < -0.4 is 21.9 Å². The molecule has 0 radical (unpaired) electrons. The van der Waals surface area contributed by atoms with E-state index >= 15 is 0 Å². The fourth-order valence-corrected chi connectivity index (χ4v) is 1.85. The summed E-state index contributed by atoms with van der Waals surface area (Å²) in [6, 6.07) is -0.339. The van der Waals surface area contributed by atoms with E-state index in [0.29, 0.717) is 18.1 Å². The molecule has 3 atom stereocenters. The molecule has 1 aromatic heterocycles. The van der Waals surface area contributed by atoms with Crippen molar-refractivity contribution in [2.75, 3.05) is 17.6 Å². The van der Waals surface area contributed by atoms with E-state index in [2.05, 4.69) is 15.3 Å². The van der Waals surface area contributed by atoms with E-state index in [4.69, 9.17) is 5.73 Å². The second kappa shape index (κ2) is 4.32. The third-order valence-corrected chi connectivity index (χ3v) is 2.79. The number of H-pyrrole nitrogens is 1. The number of aromatic nitrogens is 2. The number of rotatable bonds is 2. The van der Waals surface area contributed by atoms with Gasteiger partial charge in [0.1, 0.15) is 12.1 Å². The van der Waals surface area contributed by atoms with E-state index in [-0.39, 0.29) is 17.5 Å². The van der Waals surface area contributed by atoms with Crippen molar-refractivity contribution in [2.24, 2.45) is 0 Å². The van der Waals surface area contributed by atoms with Gasteiger partial charge in [0.25, 0.3) is 0 Å². The highest BCUT2D eigenvalue weighted by Gasteiger charge is 2.33. The highest BCUT2D eigenvalue weighted by Crippen LogP contribution is 2.13. The molecule has 0 aliphatic carbocycles. The summed E-state index contributed by atoms with van der Waals surface area (Å²) in [6.45, 7) is 1.90. The van der Waals surface area contributed by atoms with Crippen molar-refractivity contribution in [3.05, 3.63) is 10.4 Å². The van der Waals surface area contributed by atoms with E-state index in [1.165, 1.54) is 6.92 Å². The molecule has 0 saturated heterocycles. The molecule has 8 heteroatoms. The van der Waals surface area contributed by atoms with Crippen LogP contribution in [0.1, 0.15) is 6.92 Å². The normalized spacial score (nSPS) is 22.4. The SMILES string of the molecule is CC(O)C(O)C1CNc2nc(N)[nH]c(=O)c2[NH2+]1. The monoisotopic (exact) mass is 242 g/mol. The molecule has 2 heterocycles. The molecule has 1 aliphatic rings. The van der Waals surface area contributed by atoms with Crippen LogP contribution in [0, 0.1) is 0 Å². The Labute approximate surface area is 96.9 Å². The molecular weight excluding hydrogens is 226 g/mol.